The molecule has 2 saturated heterocycles. The molecular formula is C18H32N4. The third kappa shape index (κ3) is 4.50. The lowest BCUT2D eigenvalue weighted by Gasteiger charge is -2.28. The Morgan fingerprint density at radius 1 is 0.636 bits per heavy atom. The summed E-state index contributed by atoms with van der Waals surface area (Å²) in [5.74, 6) is 0. The minimum Gasteiger partial charge on any atom is -0.313 e. The summed E-state index contributed by atoms with van der Waals surface area (Å²) in [5.41, 5.74) is 9.97. The second-order valence-electron chi connectivity index (χ2n) is 6.71. The highest BCUT2D eigenvalue weighted by Crippen LogP contribution is 2.20. The van der Waals surface area contributed by atoms with Crippen molar-refractivity contribution >= 4 is 0 Å². The van der Waals surface area contributed by atoms with Crippen molar-refractivity contribution in [2.75, 3.05) is 26.2 Å². The van der Waals surface area contributed by atoms with Crippen LogP contribution in [0.15, 0.2) is 23.5 Å². The van der Waals surface area contributed by atoms with Crippen molar-refractivity contribution in [1.29, 1.82) is 0 Å². The first kappa shape index (κ1) is 15.9. The number of nitrogens with zero attached hydrogens (tertiary/aromatic N) is 2. The summed E-state index contributed by atoms with van der Waals surface area (Å²) in [6, 6.07) is 0. The maximum absolute atomic E-state index is 3.45. The van der Waals surface area contributed by atoms with Crippen molar-refractivity contribution < 1.29 is 0 Å². The fraction of sp³-hybridized carbons (Fsp3) is 0.778. The Morgan fingerprint density at radius 3 is 1.64 bits per heavy atom. The third-order valence-electron chi connectivity index (χ3n) is 4.95. The van der Waals surface area contributed by atoms with Gasteiger partial charge in [0.05, 0.1) is 0 Å². The lowest BCUT2D eigenvalue weighted by molar-refractivity contribution is 0.237. The number of nitrogens with one attached hydrogen (secondary N) is 2. The van der Waals surface area contributed by atoms with Crippen LogP contribution in [0.1, 0.15) is 64.2 Å². The summed E-state index contributed by atoms with van der Waals surface area (Å²) >= 11 is 0. The molecule has 0 radical (unpaired) electrons. The van der Waals surface area contributed by atoms with Crippen LogP contribution in [0.2, 0.25) is 0 Å². The van der Waals surface area contributed by atoms with Gasteiger partial charge in [0.1, 0.15) is 0 Å². The summed E-state index contributed by atoms with van der Waals surface area (Å²) in [6.07, 6.45) is 17.9. The van der Waals surface area contributed by atoms with Gasteiger partial charge in [-0.1, -0.05) is 12.2 Å². The van der Waals surface area contributed by atoms with E-state index in [1.807, 2.05) is 0 Å². The van der Waals surface area contributed by atoms with Gasteiger partial charge in [0.2, 0.25) is 0 Å². The fourth-order valence-electron chi connectivity index (χ4n) is 3.67. The maximum Gasteiger partial charge on any atom is 0.0343 e. The normalized spacial score (nSPS) is 25.5. The summed E-state index contributed by atoms with van der Waals surface area (Å²) < 4.78 is 0. The first-order valence-corrected chi connectivity index (χ1v) is 9.33. The summed E-state index contributed by atoms with van der Waals surface area (Å²) in [5, 5.41) is 4.69. The van der Waals surface area contributed by atoms with Gasteiger partial charge in [0, 0.05) is 37.6 Å². The number of hydrogen-bond acceptors (Lipinski definition) is 4. The van der Waals surface area contributed by atoms with E-state index in [4.69, 9.17) is 0 Å². The predicted molar refractivity (Wildman–Crippen MR) is 91.8 cm³/mol. The van der Waals surface area contributed by atoms with Crippen LogP contribution < -0.4 is 10.9 Å². The molecule has 2 N–H and O–H groups in total. The lowest BCUT2D eigenvalue weighted by Crippen LogP contribution is -2.38. The van der Waals surface area contributed by atoms with Gasteiger partial charge in [-0.05, 0) is 64.2 Å². The van der Waals surface area contributed by atoms with Crippen molar-refractivity contribution in [2.45, 2.75) is 64.2 Å². The standard InChI is InChI=1S/2C9H16N2/c2*1-3-7-10-11-8-4-2-6-9(11)5-1/h2*6,10H,1-5,7-8H2. The third-order valence-corrected chi connectivity index (χ3v) is 4.95. The highest BCUT2D eigenvalue weighted by molar-refractivity contribution is 5.05. The molecule has 0 aliphatic carbocycles. The molecule has 4 rings (SSSR count). The van der Waals surface area contributed by atoms with Crippen molar-refractivity contribution in [2.24, 2.45) is 0 Å². The molecule has 2 fully saturated rings. The van der Waals surface area contributed by atoms with E-state index in [9.17, 15) is 0 Å². The Hall–Kier alpha value is -1.00. The Kier molecular flexibility index (Phi) is 6.20. The fourth-order valence-corrected chi connectivity index (χ4v) is 3.67. The van der Waals surface area contributed by atoms with E-state index in [0.29, 0.717) is 0 Å². The first-order chi connectivity index (χ1) is 10.9. The Labute approximate surface area is 135 Å². The molecule has 4 aliphatic heterocycles. The van der Waals surface area contributed by atoms with Crippen LogP contribution >= 0.6 is 0 Å². The minimum atomic E-state index is 1.16. The molecule has 124 valence electrons. The van der Waals surface area contributed by atoms with E-state index in [1.54, 1.807) is 0 Å². The van der Waals surface area contributed by atoms with E-state index in [0.717, 1.165) is 13.1 Å². The van der Waals surface area contributed by atoms with Crippen LogP contribution in [0, 0.1) is 0 Å². The van der Waals surface area contributed by atoms with Crippen molar-refractivity contribution in [3.63, 3.8) is 0 Å². The van der Waals surface area contributed by atoms with Gasteiger partial charge in [0.15, 0.2) is 0 Å². The molecule has 4 nitrogen and oxygen atoms in total. The molecular weight excluding hydrogens is 272 g/mol. The smallest absolute Gasteiger partial charge is 0.0343 e. The zero-order chi connectivity index (χ0) is 15.0. The molecule has 0 aromatic carbocycles. The molecule has 0 aromatic rings. The van der Waals surface area contributed by atoms with Crippen molar-refractivity contribution in [1.82, 2.24) is 20.9 Å². The molecule has 0 bridgehead atoms. The molecule has 22 heavy (non-hydrogen) atoms. The molecule has 0 spiro atoms. The van der Waals surface area contributed by atoms with Gasteiger partial charge >= 0.3 is 0 Å². The number of hydrogen-bond donors (Lipinski definition) is 2. The second kappa shape index (κ2) is 8.59. The molecule has 4 aliphatic rings. The van der Waals surface area contributed by atoms with Crippen LogP contribution in [-0.2, 0) is 0 Å². The minimum absolute atomic E-state index is 1.16. The monoisotopic (exact) mass is 304 g/mol. The average Bonchev–Trinajstić information content (AvgIpc) is 2.95. The quantitative estimate of drug-likeness (QED) is 0.719. The van der Waals surface area contributed by atoms with Crippen molar-refractivity contribution in [3.05, 3.63) is 23.5 Å². The molecule has 0 atom stereocenters. The molecule has 0 unspecified atom stereocenters. The molecule has 4 heteroatoms. The molecule has 0 amide bonds. The predicted octanol–water partition coefficient (Wildman–Crippen LogP) is 3.31. The molecule has 4 heterocycles. The van der Waals surface area contributed by atoms with Gasteiger partial charge in [0.25, 0.3) is 0 Å². The highest BCUT2D eigenvalue weighted by Gasteiger charge is 2.15. The molecule has 0 aromatic heterocycles. The van der Waals surface area contributed by atoms with Crippen LogP contribution in [0.3, 0.4) is 0 Å². The zero-order valence-corrected chi connectivity index (χ0v) is 13.9. The van der Waals surface area contributed by atoms with E-state index in [1.165, 1.54) is 88.7 Å². The Bertz CT molecular complexity index is 364. The summed E-state index contributed by atoms with van der Waals surface area (Å²) in [7, 11) is 0. The SMILES string of the molecule is C1=C2CCCCNN2CCC1.C1=C2CCCCNN2CCC1. The second-order valence-corrected chi connectivity index (χ2v) is 6.71. The number of fused-ring (bicyclic) bond motifs is 2. The van der Waals surface area contributed by atoms with Crippen molar-refractivity contribution in [3.8, 4) is 0 Å². The van der Waals surface area contributed by atoms with Crippen LogP contribution in [-0.4, -0.2) is 36.2 Å². The number of hydrazine groups is 2. The van der Waals surface area contributed by atoms with Crippen LogP contribution in [0.5, 0.6) is 0 Å². The summed E-state index contributed by atoms with van der Waals surface area (Å²) in [4.78, 5) is 0. The van der Waals surface area contributed by atoms with Gasteiger partial charge in [-0.15, -0.1) is 0 Å². The lowest BCUT2D eigenvalue weighted by atomic mass is 10.1. The topological polar surface area (TPSA) is 30.5 Å². The van der Waals surface area contributed by atoms with E-state index in [-0.39, 0.29) is 0 Å². The number of allylic oxidation sites excluding steroid dienone is 4. The van der Waals surface area contributed by atoms with Crippen LogP contribution in [0.25, 0.3) is 0 Å². The maximum atomic E-state index is 3.45. The first-order valence-electron chi connectivity index (χ1n) is 9.33. The molecule has 0 saturated carbocycles. The Morgan fingerprint density at radius 2 is 1.14 bits per heavy atom. The summed E-state index contributed by atoms with van der Waals surface area (Å²) in [6.45, 7) is 4.76. The van der Waals surface area contributed by atoms with E-state index < -0.39 is 0 Å². The van der Waals surface area contributed by atoms with Gasteiger partial charge in [-0.2, -0.15) is 0 Å². The number of rotatable bonds is 0. The van der Waals surface area contributed by atoms with Gasteiger partial charge in [-0.3, -0.25) is 0 Å². The van der Waals surface area contributed by atoms with Crippen LogP contribution in [0.4, 0.5) is 0 Å². The van der Waals surface area contributed by atoms with Gasteiger partial charge in [-0.25, -0.2) is 10.9 Å². The average molecular weight is 304 g/mol. The highest BCUT2D eigenvalue weighted by atomic mass is 15.5. The Balaban J connectivity index is 0.000000131. The van der Waals surface area contributed by atoms with Gasteiger partial charge < -0.3 is 10.0 Å². The largest absolute Gasteiger partial charge is 0.313 e. The van der Waals surface area contributed by atoms with E-state index >= 15 is 0 Å². The zero-order valence-electron chi connectivity index (χ0n) is 13.9. The van der Waals surface area contributed by atoms with E-state index in [2.05, 4.69) is 33.0 Å².